The van der Waals surface area contributed by atoms with Gasteiger partial charge in [-0.3, -0.25) is 18.7 Å². The van der Waals surface area contributed by atoms with E-state index in [1.165, 1.54) is 6.92 Å². The molecule has 10 nitrogen and oxygen atoms in total. The summed E-state index contributed by atoms with van der Waals surface area (Å²) in [5.74, 6) is -3.50. The van der Waals surface area contributed by atoms with Crippen LogP contribution in [0.4, 0.5) is 0 Å². The molecule has 0 aromatic heterocycles. The molecular weight excluding hydrogens is 413 g/mol. The van der Waals surface area contributed by atoms with Crippen molar-refractivity contribution in [3.8, 4) is 0 Å². The molecule has 1 aliphatic rings. The normalized spacial score (nSPS) is 21.5. The number of hydrogen-bond donors (Lipinski definition) is 4. The first kappa shape index (κ1) is 26.6. The van der Waals surface area contributed by atoms with Crippen LogP contribution in [0, 0.1) is 0 Å². The van der Waals surface area contributed by atoms with Crippen LogP contribution in [-0.2, 0) is 23.5 Å². The van der Waals surface area contributed by atoms with Gasteiger partial charge < -0.3 is 26.0 Å². The highest BCUT2D eigenvalue weighted by Gasteiger charge is 2.41. The second-order valence-corrected chi connectivity index (χ2v) is 9.72. The Balaban J connectivity index is 2.85. The summed E-state index contributed by atoms with van der Waals surface area (Å²) in [5, 5.41) is 11.8. The number of carboxylic acids is 1. The predicted octanol–water partition coefficient (Wildman–Crippen LogP) is 1.80. The van der Waals surface area contributed by atoms with Gasteiger partial charge in [-0.25, -0.2) is 4.79 Å². The van der Waals surface area contributed by atoms with E-state index in [-0.39, 0.29) is 13.0 Å². The lowest BCUT2D eigenvalue weighted by Gasteiger charge is -2.29. The molecule has 0 bridgehead atoms. The highest BCUT2D eigenvalue weighted by Crippen LogP contribution is 2.49. The molecule has 5 atom stereocenters. The van der Waals surface area contributed by atoms with Crippen LogP contribution in [-0.4, -0.2) is 63.2 Å². The number of nitrogens with two attached hydrogens (primary N) is 1. The topological polar surface area (TPSA) is 159 Å². The molecule has 0 aromatic carbocycles. The zero-order chi connectivity index (χ0) is 22.9. The van der Waals surface area contributed by atoms with Gasteiger partial charge in [0.05, 0.1) is 6.04 Å². The minimum atomic E-state index is -4.43. The average molecular weight is 449 g/mol. The molecule has 1 rings (SSSR count). The number of hydrogen-bond acceptors (Lipinski definition) is 6. The lowest BCUT2D eigenvalue weighted by atomic mass is 10.1. The van der Waals surface area contributed by atoms with Gasteiger partial charge in [0, 0.05) is 6.54 Å². The minimum Gasteiger partial charge on any atom is -0.480 e. The van der Waals surface area contributed by atoms with Gasteiger partial charge in [0.15, 0.2) is 0 Å². The van der Waals surface area contributed by atoms with E-state index in [9.17, 15) is 28.9 Å². The van der Waals surface area contributed by atoms with E-state index < -0.39 is 49.4 Å². The fourth-order valence-corrected chi connectivity index (χ4v) is 4.90. The van der Waals surface area contributed by atoms with E-state index in [2.05, 4.69) is 5.32 Å². The molecule has 0 radical (unpaired) electrons. The molecular formula is C19H36N3O7P. The Bertz CT molecular complexity index is 646. The molecule has 1 saturated heterocycles. The average Bonchev–Trinajstić information content (AvgIpc) is 3.17. The summed E-state index contributed by atoms with van der Waals surface area (Å²) in [6, 6.07) is -1.76. The Morgan fingerprint density at radius 3 is 2.40 bits per heavy atom. The third-order valence-electron chi connectivity index (χ3n) is 5.22. The standard InChI is InChI=1S/C19H36N3O7P/c1-4-6-9-14(20)17(23)21-16(11-7-5-2)30(27,28)29-13(3)18(24)22-12-8-10-15(22)19(25)26/h13-16H,4-12,20H2,1-3H3,(H,21,23)(H,25,26)(H,27,28)/t13-,14-,15-,16?/m0/s1. The van der Waals surface area contributed by atoms with Crippen molar-refractivity contribution >= 4 is 25.4 Å². The molecule has 0 aliphatic carbocycles. The second-order valence-electron chi connectivity index (χ2n) is 7.75. The first-order valence-electron chi connectivity index (χ1n) is 10.6. The van der Waals surface area contributed by atoms with Crippen molar-refractivity contribution in [2.45, 2.75) is 96.1 Å². The predicted molar refractivity (Wildman–Crippen MR) is 112 cm³/mol. The molecule has 1 heterocycles. The maximum atomic E-state index is 12.9. The molecule has 30 heavy (non-hydrogen) atoms. The van der Waals surface area contributed by atoms with E-state index in [1.54, 1.807) is 0 Å². The van der Waals surface area contributed by atoms with Crippen LogP contribution in [0.1, 0.15) is 72.1 Å². The SMILES string of the molecule is CCCCC(NC(=O)[C@@H](N)CCCC)P(=O)(O)O[C@@H](C)C(=O)N1CCC[C@H]1C(=O)O. The number of nitrogens with zero attached hydrogens (tertiary/aromatic N) is 1. The van der Waals surface area contributed by atoms with Crippen LogP contribution in [0.5, 0.6) is 0 Å². The smallest absolute Gasteiger partial charge is 0.350 e. The first-order chi connectivity index (χ1) is 14.0. The number of likely N-dealkylation sites (tertiary alicyclic amines) is 1. The number of carbonyl (C=O) groups excluding carboxylic acids is 2. The van der Waals surface area contributed by atoms with Crippen molar-refractivity contribution in [1.82, 2.24) is 10.2 Å². The number of carbonyl (C=O) groups is 3. The van der Waals surface area contributed by atoms with Crippen molar-refractivity contribution in [1.29, 1.82) is 0 Å². The first-order valence-corrected chi connectivity index (χ1v) is 12.3. The van der Waals surface area contributed by atoms with Gasteiger partial charge in [-0.1, -0.05) is 39.5 Å². The number of carboxylic acid groups (broad SMARTS) is 1. The summed E-state index contributed by atoms with van der Waals surface area (Å²) in [4.78, 5) is 48.0. The Kier molecular flexibility index (Phi) is 11.0. The Morgan fingerprint density at radius 1 is 1.23 bits per heavy atom. The highest BCUT2D eigenvalue weighted by atomic mass is 31.2. The van der Waals surface area contributed by atoms with Gasteiger partial charge in [0.1, 0.15) is 17.9 Å². The maximum absolute atomic E-state index is 12.9. The third-order valence-corrected chi connectivity index (χ3v) is 7.01. The Labute approximate surface area is 178 Å². The molecule has 1 fully saturated rings. The Morgan fingerprint density at radius 2 is 1.83 bits per heavy atom. The Hall–Kier alpha value is -1.48. The van der Waals surface area contributed by atoms with Gasteiger partial charge in [-0.15, -0.1) is 0 Å². The molecule has 174 valence electrons. The van der Waals surface area contributed by atoms with Crippen molar-refractivity contribution in [3.63, 3.8) is 0 Å². The summed E-state index contributed by atoms with van der Waals surface area (Å²) in [5.41, 5.74) is 5.86. The minimum absolute atomic E-state index is 0.193. The van der Waals surface area contributed by atoms with Crippen molar-refractivity contribution in [2.24, 2.45) is 5.73 Å². The van der Waals surface area contributed by atoms with Gasteiger partial charge in [0.2, 0.25) is 5.91 Å². The molecule has 0 spiro atoms. The van der Waals surface area contributed by atoms with E-state index in [0.717, 1.165) is 24.2 Å². The van der Waals surface area contributed by atoms with Crippen LogP contribution in [0.3, 0.4) is 0 Å². The molecule has 0 aromatic rings. The van der Waals surface area contributed by atoms with Gasteiger partial charge >= 0.3 is 13.6 Å². The number of amides is 2. The van der Waals surface area contributed by atoms with Crippen LogP contribution in [0.2, 0.25) is 0 Å². The highest BCUT2D eigenvalue weighted by molar-refractivity contribution is 7.53. The molecule has 5 N–H and O–H groups in total. The fraction of sp³-hybridized carbons (Fsp3) is 0.842. The van der Waals surface area contributed by atoms with E-state index in [0.29, 0.717) is 25.7 Å². The molecule has 2 unspecified atom stereocenters. The number of unbranched alkanes of at least 4 members (excludes halogenated alkanes) is 2. The lowest BCUT2D eigenvalue weighted by Crippen LogP contribution is -2.47. The summed E-state index contributed by atoms with van der Waals surface area (Å²) in [7, 11) is -4.43. The molecule has 11 heteroatoms. The van der Waals surface area contributed by atoms with Gasteiger partial charge in [-0.05, 0) is 32.6 Å². The largest absolute Gasteiger partial charge is 0.480 e. The third kappa shape index (κ3) is 7.65. The van der Waals surface area contributed by atoms with Gasteiger partial charge in [-0.2, -0.15) is 0 Å². The fourth-order valence-electron chi connectivity index (χ4n) is 3.41. The summed E-state index contributed by atoms with van der Waals surface area (Å²) in [6.45, 7) is 5.44. The second kappa shape index (κ2) is 12.4. The molecule has 2 amide bonds. The summed E-state index contributed by atoms with van der Waals surface area (Å²) in [6.07, 6.45) is 3.12. The maximum Gasteiger partial charge on any atom is 0.350 e. The number of rotatable bonds is 13. The van der Waals surface area contributed by atoms with E-state index in [1.807, 2.05) is 13.8 Å². The lowest BCUT2D eigenvalue weighted by molar-refractivity contribution is -0.151. The van der Waals surface area contributed by atoms with E-state index in [4.69, 9.17) is 10.3 Å². The molecule has 1 aliphatic heterocycles. The number of nitrogens with one attached hydrogen (secondary N) is 1. The van der Waals surface area contributed by atoms with Gasteiger partial charge in [0.25, 0.3) is 5.91 Å². The summed E-state index contributed by atoms with van der Waals surface area (Å²) >= 11 is 0. The van der Waals surface area contributed by atoms with Crippen molar-refractivity contribution < 1.29 is 33.5 Å². The number of aliphatic carboxylic acids is 1. The van der Waals surface area contributed by atoms with Crippen molar-refractivity contribution in [2.75, 3.05) is 6.54 Å². The molecule has 0 saturated carbocycles. The quantitative estimate of drug-likeness (QED) is 0.310. The zero-order valence-electron chi connectivity index (χ0n) is 18.1. The van der Waals surface area contributed by atoms with Crippen LogP contribution in [0.25, 0.3) is 0 Å². The zero-order valence-corrected chi connectivity index (χ0v) is 19.0. The summed E-state index contributed by atoms with van der Waals surface area (Å²) < 4.78 is 18.2. The van der Waals surface area contributed by atoms with Crippen LogP contribution in [0.15, 0.2) is 0 Å². The van der Waals surface area contributed by atoms with Crippen molar-refractivity contribution in [3.05, 3.63) is 0 Å². The van der Waals surface area contributed by atoms with E-state index >= 15 is 0 Å². The van der Waals surface area contributed by atoms with Crippen LogP contribution < -0.4 is 11.1 Å². The van der Waals surface area contributed by atoms with Crippen LogP contribution >= 0.6 is 7.60 Å². The monoisotopic (exact) mass is 449 g/mol.